The molecule has 1 aliphatic heterocycles. The lowest BCUT2D eigenvalue weighted by Crippen LogP contribution is -2.25. The maximum absolute atomic E-state index is 4.61. The molecule has 0 aromatic carbocycles. The van der Waals surface area contributed by atoms with E-state index >= 15 is 0 Å². The van der Waals surface area contributed by atoms with Gasteiger partial charge in [0.1, 0.15) is 17.8 Å². The van der Waals surface area contributed by atoms with Crippen LogP contribution in [0.1, 0.15) is 30.3 Å². The van der Waals surface area contributed by atoms with Crippen LogP contribution in [0.15, 0.2) is 37.2 Å². The van der Waals surface area contributed by atoms with E-state index in [9.17, 15) is 0 Å². The summed E-state index contributed by atoms with van der Waals surface area (Å²) in [6.45, 7) is 2.93. The predicted octanol–water partition coefficient (Wildman–Crippen LogP) is 2.31. The minimum absolute atomic E-state index is 0.152. The van der Waals surface area contributed by atoms with Gasteiger partial charge in [0.15, 0.2) is 5.82 Å². The van der Waals surface area contributed by atoms with Crippen molar-refractivity contribution in [3.05, 3.63) is 48.6 Å². The molecule has 0 aliphatic carbocycles. The standard InChI is InChI=1S/C16H17N7/c1-11-9-20-16(22-11)15-14(18-6-7-19-15)12-3-2-8-23(12)13-4-5-17-10-21-13/h4-7,9-10,12H,2-3,8H2,1H3,(H,20,22). The molecule has 7 heteroatoms. The van der Waals surface area contributed by atoms with Crippen molar-refractivity contribution in [2.75, 3.05) is 11.4 Å². The van der Waals surface area contributed by atoms with Crippen LogP contribution in [0.2, 0.25) is 0 Å². The van der Waals surface area contributed by atoms with Crippen LogP contribution in [-0.2, 0) is 0 Å². The summed E-state index contributed by atoms with van der Waals surface area (Å²) in [4.78, 5) is 27.5. The van der Waals surface area contributed by atoms with Crippen LogP contribution in [0.3, 0.4) is 0 Å². The molecule has 0 radical (unpaired) electrons. The Hall–Kier alpha value is -2.83. The van der Waals surface area contributed by atoms with Crippen molar-refractivity contribution in [2.24, 2.45) is 0 Å². The third kappa shape index (κ3) is 2.54. The molecular weight excluding hydrogens is 290 g/mol. The zero-order chi connectivity index (χ0) is 15.6. The SMILES string of the molecule is Cc1cnc(-c2nccnc2C2CCCN2c2ccncn2)[nH]1. The van der Waals surface area contributed by atoms with Gasteiger partial charge in [-0.05, 0) is 25.8 Å². The number of hydrogen-bond donors (Lipinski definition) is 1. The summed E-state index contributed by atoms with van der Waals surface area (Å²) < 4.78 is 0. The lowest BCUT2D eigenvalue weighted by atomic mass is 10.1. The summed E-state index contributed by atoms with van der Waals surface area (Å²) in [5.41, 5.74) is 2.76. The molecule has 7 nitrogen and oxygen atoms in total. The van der Waals surface area contributed by atoms with Crippen molar-refractivity contribution in [1.82, 2.24) is 29.9 Å². The summed E-state index contributed by atoms with van der Waals surface area (Å²) in [6, 6.07) is 2.09. The van der Waals surface area contributed by atoms with Crippen molar-refractivity contribution in [1.29, 1.82) is 0 Å². The van der Waals surface area contributed by atoms with E-state index in [1.165, 1.54) is 0 Å². The molecule has 1 atom stereocenters. The average Bonchev–Trinajstić information content (AvgIpc) is 3.24. The third-order valence-corrected chi connectivity index (χ3v) is 4.08. The highest BCUT2D eigenvalue weighted by Crippen LogP contribution is 2.36. The monoisotopic (exact) mass is 307 g/mol. The number of H-pyrrole nitrogens is 1. The van der Waals surface area contributed by atoms with Crippen molar-refractivity contribution < 1.29 is 0 Å². The summed E-state index contributed by atoms with van der Waals surface area (Å²) in [6.07, 6.45) is 10.7. The van der Waals surface area contributed by atoms with Crippen LogP contribution in [0.25, 0.3) is 11.5 Å². The highest BCUT2D eigenvalue weighted by molar-refractivity contribution is 5.56. The fourth-order valence-electron chi connectivity index (χ4n) is 3.09. The Kier molecular flexibility index (Phi) is 3.45. The van der Waals surface area contributed by atoms with Gasteiger partial charge >= 0.3 is 0 Å². The summed E-state index contributed by atoms with van der Waals surface area (Å²) in [5, 5.41) is 0. The van der Waals surface area contributed by atoms with Crippen LogP contribution in [-0.4, -0.2) is 36.4 Å². The summed E-state index contributed by atoms with van der Waals surface area (Å²) in [7, 11) is 0. The maximum Gasteiger partial charge on any atom is 0.158 e. The third-order valence-electron chi connectivity index (χ3n) is 4.08. The fraction of sp³-hybridized carbons (Fsp3) is 0.312. The van der Waals surface area contributed by atoms with Crippen LogP contribution in [0.4, 0.5) is 5.82 Å². The minimum Gasteiger partial charge on any atom is -0.348 e. The number of nitrogens with one attached hydrogen (secondary N) is 1. The fourth-order valence-corrected chi connectivity index (χ4v) is 3.09. The first-order valence-corrected chi connectivity index (χ1v) is 7.68. The topological polar surface area (TPSA) is 83.5 Å². The van der Waals surface area contributed by atoms with Gasteiger partial charge in [-0.25, -0.2) is 19.9 Å². The molecule has 23 heavy (non-hydrogen) atoms. The first-order chi connectivity index (χ1) is 11.3. The van der Waals surface area contributed by atoms with E-state index in [4.69, 9.17) is 0 Å². The molecule has 1 saturated heterocycles. The number of rotatable bonds is 3. The Morgan fingerprint density at radius 1 is 1.13 bits per heavy atom. The normalized spacial score (nSPS) is 17.6. The number of imidazole rings is 1. The van der Waals surface area contributed by atoms with Crippen molar-refractivity contribution in [3.8, 4) is 11.5 Å². The van der Waals surface area contributed by atoms with Gasteiger partial charge in [0.05, 0.1) is 11.7 Å². The predicted molar refractivity (Wildman–Crippen MR) is 85.7 cm³/mol. The van der Waals surface area contributed by atoms with E-state index < -0.39 is 0 Å². The second-order valence-corrected chi connectivity index (χ2v) is 5.62. The molecule has 1 N–H and O–H groups in total. The average molecular weight is 307 g/mol. The maximum atomic E-state index is 4.61. The lowest BCUT2D eigenvalue weighted by molar-refractivity contribution is 0.683. The summed E-state index contributed by atoms with van der Waals surface area (Å²) in [5.74, 6) is 1.69. The van der Waals surface area contributed by atoms with Crippen LogP contribution in [0, 0.1) is 6.92 Å². The zero-order valence-corrected chi connectivity index (χ0v) is 12.8. The molecule has 0 amide bonds. The van der Waals surface area contributed by atoms with Gasteiger partial charge in [-0.3, -0.25) is 4.98 Å². The van der Waals surface area contributed by atoms with Crippen LogP contribution < -0.4 is 4.90 Å². The molecule has 0 saturated carbocycles. The number of aromatic nitrogens is 6. The second kappa shape index (κ2) is 5.75. The van der Waals surface area contributed by atoms with Gasteiger partial charge in [-0.2, -0.15) is 0 Å². The second-order valence-electron chi connectivity index (χ2n) is 5.62. The van der Waals surface area contributed by atoms with Crippen molar-refractivity contribution >= 4 is 5.82 Å². The zero-order valence-electron chi connectivity index (χ0n) is 12.8. The largest absolute Gasteiger partial charge is 0.348 e. The Morgan fingerprint density at radius 2 is 2.04 bits per heavy atom. The van der Waals surface area contributed by atoms with E-state index in [2.05, 4.69) is 34.8 Å². The summed E-state index contributed by atoms with van der Waals surface area (Å²) >= 11 is 0. The first kappa shape index (κ1) is 13.8. The van der Waals surface area contributed by atoms with E-state index in [1.54, 1.807) is 24.9 Å². The van der Waals surface area contributed by atoms with Gasteiger partial charge < -0.3 is 9.88 Å². The lowest BCUT2D eigenvalue weighted by Gasteiger charge is -2.25. The van der Waals surface area contributed by atoms with Gasteiger partial charge in [0.25, 0.3) is 0 Å². The minimum atomic E-state index is 0.152. The Labute approximate surface area is 133 Å². The molecule has 4 rings (SSSR count). The quantitative estimate of drug-likeness (QED) is 0.799. The van der Waals surface area contributed by atoms with Crippen molar-refractivity contribution in [3.63, 3.8) is 0 Å². The molecule has 1 fully saturated rings. The highest BCUT2D eigenvalue weighted by Gasteiger charge is 2.31. The molecule has 4 heterocycles. The molecular formula is C16H17N7. The Morgan fingerprint density at radius 3 is 2.83 bits per heavy atom. The van der Waals surface area contributed by atoms with E-state index in [-0.39, 0.29) is 6.04 Å². The molecule has 116 valence electrons. The highest BCUT2D eigenvalue weighted by atomic mass is 15.2. The van der Waals surface area contributed by atoms with E-state index in [0.29, 0.717) is 0 Å². The van der Waals surface area contributed by atoms with Gasteiger partial charge in [-0.15, -0.1) is 0 Å². The molecule has 1 aliphatic rings. The van der Waals surface area contributed by atoms with Gasteiger partial charge in [-0.1, -0.05) is 0 Å². The van der Waals surface area contributed by atoms with Gasteiger partial charge in [0, 0.05) is 37.0 Å². The Bertz CT molecular complexity index is 799. The molecule has 3 aromatic heterocycles. The van der Waals surface area contributed by atoms with Gasteiger partial charge in [0.2, 0.25) is 0 Å². The van der Waals surface area contributed by atoms with Crippen LogP contribution >= 0.6 is 0 Å². The number of hydrogen-bond acceptors (Lipinski definition) is 6. The number of aryl methyl sites for hydroxylation is 1. The van der Waals surface area contributed by atoms with Crippen molar-refractivity contribution in [2.45, 2.75) is 25.8 Å². The molecule has 3 aromatic rings. The number of aromatic amines is 1. The number of anilines is 1. The van der Waals surface area contributed by atoms with E-state index in [0.717, 1.165) is 48.1 Å². The smallest absolute Gasteiger partial charge is 0.158 e. The molecule has 0 bridgehead atoms. The number of nitrogens with zero attached hydrogens (tertiary/aromatic N) is 6. The molecule has 1 unspecified atom stereocenters. The molecule has 0 spiro atoms. The van der Waals surface area contributed by atoms with Crippen LogP contribution in [0.5, 0.6) is 0 Å². The first-order valence-electron chi connectivity index (χ1n) is 7.68. The van der Waals surface area contributed by atoms with E-state index in [1.807, 2.05) is 19.2 Å². The Balaban J connectivity index is 1.75.